The summed E-state index contributed by atoms with van der Waals surface area (Å²) in [4.78, 5) is 0. The highest BCUT2D eigenvalue weighted by molar-refractivity contribution is 7.97. The Balaban J connectivity index is 2.60. The highest BCUT2D eigenvalue weighted by Gasteiger charge is 2.08. The van der Waals surface area contributed by atoms with Crippen LogP contribution in [0.5, 0.6) is 0 Å². The quantitative estimate of drug-likeness (QED) is 0.230. The lowest BCUT2D eigenvalue weighted by atomic mass is 10.1. The molecule has 0 aromatic heterocycles. The highest BCUT2D eigenvalue weighted by atomic mass is 32.1. The number of nitrogens with two attached hydrogens (primary N) is 2. The molecule has 4 N–H and O–H groups in total. The van der Waals surface area contributed by atoms with Gasteiger partial charge in [-0.1, -0.05) is 36.4 Å². The van der Waals surface area contributed by atoms with E-state index in [0.29, 0.717) is 0 Å². The molecule has 16 heavy (non-hydrogen) atoms. The summed E-state index contributed by atoms with van der Waals surface area (Å²) in [6.45, 7) is 0. The molecular formula is C11H12N4S. The first-order valence-electron chi connectivity index (χ1n) is 4.73. The normalized spacial score (nSPS) is 11.8. The summed E-state index contributed by atoms with van der Waals surface area (Å²) in [5, 5.41) is 7.20. The smallest absolute Gasteiger partial charge is 0.198 e. The third kappa shape index (κ3) is 1.82. The number of fused-ring (bicyclic) bond motifs is 1. The number of amidine groups is 1. The minimum absolute atomic E-state index is 0.261. The van der Waals surface area contributed by atoms with Crippen LogP contribution in [0.4, 0.5) is 5.69 Å². The van der Waals surface area contributed by atoms with Crippen LogP contribution >= 0.6 is 12.6 Å². The minimum atomic E-state index is 0.261. The van der Waals surface area contributed by atoms with Crippen LogP contribution in [-0.2, 0) is 0 Å². The van der Waals surface area contributed by atoms with Gasteiger partial charge in [-0.25, -0.2) is 5.84 Å². The summed E-state index contributed by atoms with van der Waals surface area (Å²) in [7, 11) is 0. The number of thiol groups is 1. The molecule has 82 valence electrons. The van der Waals surface area contributed by atoms with Crippen LogP contribution in [0, 0.1) is 0 Å². The Morgan fingerprint density at radius 3 is 2.56 bits per heavy atom. The maximum atomic E-state index is 5.86. The van der Waals surface area contributed by atoms with Crippen LogP contribution in [0.25, 0.3) is 10.8 Å². The average molecular weight is 232 g/mol. The van der Waals surface area contributed by atoms with Gasteiger partial charge in [-0.3, -0.25) is 5.01 Å². The van der Waals surface area contributed by atoms with Gasteiger partial charge >= 0.3 is 0 Å². The van der Waals surface area contributed by atoms with Crippen molar-refractivity contribution in [3.05, 3.63) is 42.5 Å². The van der Waals surface area contributed by atoms with Crippen molar-refractivity contribution in [2.75, 3.05) is 5.01 Å². The maximum absolute atomic E-state index is 5.86. The minimum Gasteiger partial charge on any atom is -0.321 e. The van der Waals surface area contributed by atoms with Crippen LogP contribution < -0.4 is 16.7 Å². The van der Waals surface area contributed by atoms with Crippen molar-refractivity contribution in [2.45, 2.75) is 0 Å². The van der Waals surface area contributed by atoms with Crippen molar-refractivity contribution in [2.24, 2.45) is 16.8 Å². The Morgan fingerprint density at radius 1 is 1.12 bits per heavy atom. The van der Waals surface area contributed by atoms with Gasteiger partial charge < -0.3 is 5.84 Å². The van der Waals surface area contributed by atoms with Gasteiger partial charge in [0.15, 0.2) is 5.17 Å². The first-order chi connectivity index (χ1) is 7.74. The lowest BCUT2D eigenvalue weighted by Crippen LogP contribution is -2.35. The average Bonchev–Trinajstić information content (AvgIpc) is 2.36. The Kier molecular flexibility index (Phi) is 2.98. The molecule has 0 bridgehead atoms. The predicted octanol–water partition coefficient (Wildman–Crippen LogP) is 1.68. The SMILES string of the molecule is N/N=C(/S)N(N)c1cccc2ccccc12. The molecule has 0 saturated carbocycles. The van der Waals surface area contributed by atoms with Gasteiger partial charge in [0, 0.05) is 5.39 Å². The second-order valence-corrected chi connectivity index (χ2v) is 3.70. The van der Waals surface area contributed by atoms with E-state index < -0.39 is 0 Å². The monoisotopic (exact) mass is 232 g/mol. The molecule has 0 aliphatic carbocycles. The van der Waals surface area contributed by atoms with E-state index in [1.54, 1.807) is 0 Å². The number of rotatable bonds is 1. The number of hydrogen-bond acceptors (Lipinski definition) is 3. The third-order valence-electron chi connectivity index (χ3n) is 2.36. The molecule has 0 saturated heterocycles. The third-order valence-corrected chi connectivity index (χ3v) is 2.69. The van der Waals surface area contributed by atoms with Gasteiger partial charge in [0.05, 0.1) is 5.69 Å². The van der Waals surface area contributed by atoms with Crippen molar-refractivity contribution < 1.29 is 0 Å². The van der Waals surface area contributed by atoms with Gasteiger partial charge in [0.1, 0.15) is 0 Å². The molecule has 0 heterocycles. The molecule has 0 aliphatic heterocycles. The van der Waals surface area contributed by atoms with E-state index in [4.69, 9.17) is 11.7 Å². The lowest BCUT2D eigenvalue weighted by Gasteiger charge is -2.18. The van der Waals surface area contributed by atoms with E-state index in [2.05, 4.69) is 17.7 Å². The van der Waals surface area contributed by atoms with E-state index in [9.17, 15) is 0 Å². The molecule has 2 aromatic rings. The summed E-state index contributed by atoms with van der Waals surface area (Å²) in [5.74, 6) is 11.0. The largest absolute Gasteiger partial charge is 0.321 e. The summed E-state index contributed by atoms with van der Waals surface area (Å²) in [6, 6.07) is 13.8. The van der Waals surface area contributed by atoms with Crippen LogP contribution in [0.1, 0.15) is 0 Å². The number of hydrogen-bond donors (Lipinski definition) is 3. The Bertz CT molecular complexity index is 533. The molecular weight excluding hydrogens is 220 g/mol. The molecule has 0 spiro atoms. The number of benzene rings is 2. The van der Waals surface area contributed by atoms with Crippen molar-refractivity contribution in [1.82, 2.24) is 0 Å². The van der Waals surface area contributed by atoms with Gasteiger partial charge in [0.2, 0.25) is 0 Å². The Hall–Kier alpha value is -1.72. The van der Waals surface area contributed by atoms with Gasteiger partial charge in [-0.05, 0) is 11.5 Å². The first kappa shape index (κ1) is 10.8. The molecule has 0 radical (unpaired) electrons. The standard InChI is InChI=1S/C11H12N4S/c12-14-11(16)15(13)10-7-3-5-8-4-1-2-6-9(8)10/h1-7H,12-13H2,(H,14,16). The van der Waals surface area contributed by atoms with Crippen LogP contribution in [0.2, 0.25) is 0 Å². The topological polar surface area (TPSA) is 67.6 Å². The van der Waals surface area contributed by atoms with E-state index in [1.165, 1.54) is 5.01 Å². The van der Waals surface area contributed by atoms with Gasteiger partial charge in [-0.15, -0.1) is 12.6 Å². The fourth-order valence-corrected chi connectivity index (χ4v) is 1.70. The van der Waals surface area contributed by atoms with Gasteiger partial charge in [0.25, 0.3) is 0 Å². The van der Waals surface area contributed by atoms with Crippen molar-refractivity contribution >= 4 is 34.3 Å². The number of hydrazone groups is 1. The van der Waals surface area contributed by atoms with E-state index in [0.717, 1.165) is 16.5 Å². The molecule has 0 aliphatic rings. The zero-order chi connectivity index (χ0) is 11.5. The second-order valence-electron chi connectivity index (χ2n) is 3.30. The second kappa shape index (κ2) is 4.42. The number of anilines is 1. The summed E-state index contributed by atoms with van der Waals surface area (Å²) in [6.07, 6.45) is 0. The van der Waals surface area contributed by atoms with Crippen LogP contribution in [0.3, 0.4) is 0 Å². The van der Waals surface area contributed by atoms with Gasteiger partial charge in [-0.2, -0.15) is 5.10 Å². The predicted molar refractivity (Wildman–Crippen MR) is 71.2 cm³/mol. The molecule has 2 rings (SSSR count). The first-order valence-corrected chi connectivity index (χ1v) is 5.18. The fourth-order valence-electron chi connectivity index (χ4n) is 1.59. The molecule has 0 atom stereocenters. The molecule has 4 nitrogen and oxygen atoms in total. The summed E-state index contributed by atoms with van der Waals surface area (Å²) >= 11 is 4.09. The van der Waals surface area contributed by atoms with Crippen molar-refractivity contribution in [1.29, 1.82) is 0 Å². The molecule has 0 fully saturated rings. The molecule has 2 aromatic carbocycles. The highest BCUT2D eigenvalue weighted by Crippen LogP contribution is 2.25. The van der Waals surface area contributed by atoms with Crippen molar-refractivity contribution in [3.63, 3.8) is 0 Å². The summed E-state index contributed by atoms with van der Waals surface area (Å²) in [5.41, 5.74) is 0.817. The van der Waals surface area contributed by atoms with Crippen LogP contribution in [-0.4, -0.2) is 5.17 Å². The number of hydrazine groups is 1. The molecule has 0 unspecified atom stereocenters. The van der Waals surface area contributed by atoms with E-state index in [-0.39, 0.29) is 5.17 Å². The Morgan fingerprint density at radius 2 is 1.81 bits per heavy atom. The summed E-state index contributed by atoms with van der Waals surface area (Å²) < 4.78 is 0. The van der Waals surface area contributed by atoms with Crippen molar-refractivity contribution in [3.8, 4) is 0 Å². The van der Waals surface area contributed by atoms with Crippen LogP contribution in [0.15, 0.2) is 47.6 Å². The fraction of sp³-hybridized carbons (Fsp3) is 0. The maximum Gasteiger partial charge on any atom is 0.198 e. The lowest BCUT2D eigenvalue weighted by molar-refractivity contribution is 1.12. The van der Waals surface area contributed by atoms with E-state index >= 15 is 0 Å². The zero-order valence-electron chi connectivity index (χ0n) is 8.54. The van der Waals surface area contributed by atoms with E-state index in [1.807, 2.05) is 42.5 Å². The zero-order valence-corrected chi connectivity index (χ0v) is 9.43. The Labute approximate surface area is 98.9 Å². The number of nitrogens with zero attached hydrogens (tertiary/aromatic N) is 2. The molecule has 5 heteroatoms. The molecule has 0 amide bonds.